The molecule has 0 fully saturated rings. The van der Waals surface area contributed by atoms with Crippen molar-refractivity contribution in [2.45, 2.75) is 6.42 Å². The molecular formula is C17H14BrN3O2. The van der Waals surface area contributed by atoms with Gasteiger partial charge in [-0.1, -0.05) is 30.3 Å². The quantitative estimate of drug-likeness (QED) is 0.745. The van der Waals surface area contributed by atoms with E-state index < -0.39 is 0 Å². The van der Waals surface area contributed by atoms with Gasteiger partial charge in [0.2, 0.25) is 11.8 Å². The molecule has 0 unspecified atom stereocenters. The molecule has 1 aromatic heterocycles. The molecule has 2 aromatic carbocycles. The smallest absolute Gasteiger partial charge is 0.252 e. The predicted molar refractivity (Wildman–Crippen MR) is 89.9 cm³/mol. The van der Waals surface area contributed by atoms with E-state index in [4.69, 9.17) is 4.42 Å². The largest absolute Gasteiger partial charge is 0.421 e. The van der Waals surface area contributed by atoms with Crippen molar-refractivity contribution in [1.82, 2.24) is 15.5 Å². The molecule has 0 radical (unpaired) electrons. The van der Waals surface area contributed by atoms with E-state index in [1.165, 1.54) is 0 Å². The van der Waals surface area contributed by atoms with Crippen LogP contribution in [0.15, 0.2) is 63.5 Å². The monoisotopic (exact) mass is 371 g/mol. The second-order valence-corrected chi connectivity index (χ2v) is 5.71. The van der Waals surface area contributed by atoms with Crippen LogP contribution in [0, 0.1) is 0 Å². The molecule has 5 nitrogen and oxygen atoms in total. The minimum Gasteiger partial charge on any atom is -0.421 e. The highest BCUT2D eigenvalue weighted by Gasteiger charge is 2.11. The average Bonchev–Trinajstić information content (AvgIpc) is 3.05. The highest BCUT2D eigenvalue weighted by Crippen LogP contribution is 2.17. The van der Waals surface area contributed by atoms with Crippen LogP contribution in [0.1, 0.15) is 16.2 Å². The van der Waals surface area contributed by atoms with Gasteiger partial charge in [0.15, 0.2) is 0 Å². The van der Waals surface area contributed by atoms with Gasteiger partial charge >= 0.3 is 0 Å². The number of hydrogen-bond donors (Lipinski definition) is 1. The lowest BCUT2D eigenvalue weighted by molar-refractivity contribution is 0.0953. The van der Waals surface area contributed by atoms with Crippen molar-refractivity contribution in [3.8, 4) is 11.5 Å². The van der Waals surface area contributed by atoms with Gasteiger partial charge in [-0.15, -0.1) is 10.2 Å². The molecule has 0 bridgehead atoms. The standard InChI is InChI=1S/C17H14BrN3O2/c18-14-9-5-4-8-13(14)16(22)19-11-10-15-20-21-17(23-15)12-6-2-1-3-7-12/h1-9H,10-11H2,(H,19,22). The number of amides is 1. The third-order valence-electron chi connectivity index (χ3n) is 3.23. The summed E-state index contributed by atoms with van der Waals surface area (Å²) in [4.78, 5) is 12.1. The Morgan fingerprint density at radius 3 is 2.57 bits per heavy atom. The number of nitrogens with zero attached hydrogens (tertiary/aromatic N) is 2. The van der Waals surface area contributed by atoms with E-state index in [-0.39, 0.29) is 5.91 Å². The number of carbonyl (C=O) groups excluding carboxylic acids is 1. The Labute approximate surface area is 141 Å². The summed E-state index contributed by atoms with van der Waals surface area (Å²) in [6.07, 6.45) is 0.482. The van der Waals surface area contributed by atoms with Crippen LogP contribution < -0.4 is 5.32 Å². The third-order valence-corrected chi connectivity index (χ3v) is 3.92. The first-order valence-corrected chi connectivity index (χ1v) is 7.94. The Kier molecular flexibility index (Phi) is 4.83. The van der Waals surface area contributed by atoms with Gasteiger partial charge in [0, 0.05) is 23.0 Å². The molecule has 0 saturated carbocycles. The molecule has 0 aliphatic rings. The molecule has 23 heavy (non-hydrogen) atoms. The Balaban J connectivity index is 1.56. The normalized spacial score (nSPS) is 10.5. The van der Waals surface area contributed by atoms with Crippen LogP contribution in [0.3, 0.4) is 0 Å². The van der Waals surface area contributed by atoms with Gasteiger partial charge in [-0.3, -0.25) is 4.79 Å². The summed E-state index contributed by atoms with van der Waals surface area (Å²) in [5.41, 5.74) is 1.48. The Morgan fingerprint density at radius 2 is 1.78 bits per heavy atom. The van der Waals surface area contributed by atoms with Crippen LogP contribution in [-0.4, -0.2) is 22.6 Å². The van der Waals surface area contributed by atoms with Gasteiger partial charge < -0.3 is 9.73 Å². The van der Waals surface area contributed by atoms with Crippen molar-refractivity contribution < 1.29 is 9.21 Å². The molecule has 0 aliphatic carbocycles. The number of halogens is 1. The van der Waals surface area contributed by atoms with E-state index in [0.717, 1.165) is 10.0 Å². The summed E-state index contributed by atoms with van der Waals surface area (Å²) >= 11 is 3.36. The van der Waals surface area contributed by atoms with Crippen LogP contribution in [-0.2, 0) is 6.42 Å². The maximum absolute atomic E-state index is 12.1. The highest BCUT2D eigenvalue weighted by atomic mass is 79.9. The third kappa shape index (κ3) is 3.84. The molecule has 1 N–H and O–H groups in total. The molecule has 3 aromatic rings. The SMILES string of the molecule is O=C(NCCc1nnc(-c2ccccc2)o1)c1ccccc1Br. The fourth-order valence-electron chi connectivity index (χ4n) is 2.08. The summed E-state index contributed by atoms with van der Waals surface area (Å²) in [6, 6.07) is 16.9. The maximum Gasteiger partial charge on any atom is 0.252 e. The van der Waals surface area contributed by atoms with Gasteiger partial charge in [-0.25, -0.2) is 0 Å². The molecule has 0 aliphatic heterocycles. The van der Waals surface area contributed by atoms with Crippen molar-refractivity contribution in [3.05, 3.63) is 70.5 Å². The summed E-state index contributed by atoms with van der Waals surface area (Å²) < 4.78 is 6.36. The van der Waals surface area contributed by atoms with Crippen LogP contribution in [0.5, 0.6) is 0 Å². The summed E-state index contributed by atoms with van der Waals surface area (Å²) in [5, 5.41) is 10.9. The van der Waals surface area contributed by atoms with Crippen LogP contribution >= 0.6 is 15.9 Å². The van der Waals surface area contributed by atoms with E-state index >= 15 is 0 Å². The van der Waals surface area contributed by atoms with Gasteiger partial charge in [-0.2, -0.15) is 0 Å². The zero-order chi connectivity index (χ0) is 16.1. The second-order valence-electron chi connectivity index (χ2n) is 4.85. The first-order valence-electron chi connectivity index (χ1n) is 7.14. The number of rotatable bonds is 5. The minimum absolute atomic E-state index is 0.139. The van der Waals surface area contributed by atoms with Crippen molar-refractivity contribution in [3.63, 3.8) is 0 Å². The van der Waals surface area contributed by atoms with Gasteiger partial charge in [0.05, 0.1) is 5.56 Å². The Bertz CT molecular complexity index is 802. The molecule has 0 spiro atoms. The van der Waals surface area contributed by atoms with Gasteiger partial charge in [0.1, 0.15) is 0 Å². The number of aromatic nitrogens is 2. The average molecular weight is 372 g/mol. The second kappa shape index (κ2) is 7.19. The van der Waals surface area contributed by atoms with Crippen molar-refractivity contribution in [1.29, 1.82) is 0 Å². The van der Waals surface area contributed by atoms with Crippen molar-refractivity contribution in [2.75, 3.05) is 6.54 Å². The molecule has 1 heterocycles. The summed E-state index contributed by atoms with van der Waals surface area (Å²) in [7, 11) is 0. The summed E-state index contributed by atoms with van der Waals surface area (Å²) in [6.45, 7) is 0.427. The summed E-state index contributed by atoms with van der Waals surface area (Å²) in [5.74, 6) is 0.842. The molecule has 3 rings (SSSR count). The molecular weight excluding hydrogens is 358 g/mol. The van der Waals surface area contributed by atoms with E-state index in [1.807, 2.05) is 48.5 Å². The lowest BCUT2D eigenvalue weighted by Gasteiger charge is -2.05. The molecule has 1 amide bonds. The van der Waals surface area contributed by atoms with Crippen LogP contribution in [0.25, 0.3) is 11.5 Å². The lowest BCUT2D eigenvalue weighted by atomic mass is 10.2. The van der Waals surface area contributed by atoms with E-state index in [9.17, 15) is 4.79 Å². The van der Waals surface area contributed by atoms with Gasteiger partial charge in [0.25, 0.3) is 5.91 Å². The molecule has 0 saturated heterocycles. The molecule has 116 valence electrons. The lowest BCUT2D eigenvalue weighted by Crippen LogP contribution is -2.26. The van der Waals surface area contributed by atoms with E-state index in [0.29, 0.717) is 30.3 Å². The number of carbonyl (C=O) groups is 1. The fraction of sp³-hybridized carbons (Fsp3) is 0.118. The molecule has 6 heteroatoms. The first-order chi connectivity index (χ1) is 11.2. The van der Waals surface area contributed by atoms with E-state index in [1.54, 1.807) is 6.07 Å². The Morgan fingerprint density at radius 1 is 1.04 bits per heavy atom. The van der Waals surface area contributed by atoms with E-state index in [2.05, 4.69) is 31.4 Å². The number of benzene rings is 2. The predicted octanol–water partition coefficient (Wildman–Crippen LogP) is 3.47. The fourth-order valence-corrected chi connectivity index (χ4v) is 2.54. The van der Waals surface area contributed by atoms with Gasteiger partial charge in [-0.05, 0) is 40.2 Å². The zero-order valence-corrected chi connectivity index (χ0v) is 13.8. The highest BCUT2D eigenvalue weighted by molar-refractivity contribution is 9.10. The van der Waals surface area contributed by atoms with Crippen molar-refractivity contribution in [2.24, 2.45) is 0 Å². The number of nitrogens with one attached hydrogen (secondary N) is 1. The van der Waals surface area contributed by atoms with Crippen molar-refractivity contribution >= 4 is 21.8 Å². The minimum atomic E-state index is -0.139. The van der Waals surface area contributed by atoms with Crippen LogP contribution in [0.2, 0.25) is 0 Å². The molecule has 0 atom stereocenters. The first kappa shape index (κ1) is 15.4. The Hall–Kier alpha value is -2.47. The topological polar surface area (TPSA) is 68.0 Å². The maximum atomic E-state index is 12.1. The van der Waals surface area contributed by atoms with Crippen LogP contribution in [0.4, 0.5) is 0 Å². The zero-order valence-electron chi connectivity index (χ0n) is 12.2. The number of hydrogen-bond acceptors (Lipinski definition) is 4.